The zero-order valence-electron chi connectivity index (χ0n) is 10.7. The molecular formula is C13H16N4O2. The predicted molar refractivity (Wildman–Crippen MR) is 71.1 cm³/mol. The van der Waals surface area contributed by atoms with Crippen molar-refractivity contribution in [2.45, 2.75) is 13.5 Å². The van der Waals surface area contributed by atoms with E-state index in [1.54, 1.807) is 0 Å². The fraction of sp³-hybridized carbons (Fsp3) is 0.308. The second-order valence-corrected chi connectivity index (χ2v) is 4.09. The van der Waals surface area contributed by atoms with Gasteiger partial charge in [-0.05, 0) is 19.1 Å². The van der Waals surface area contributed by atoms with Crippen molar-refractivity contribution in [3.63, 3.8) is 0 Å². The topological polar surface area (TPSA) is 83.0 Å². The van der Waals surface area contributed by atoms with Crippen molar-refractivity contribution in [3.8, 4) is 5.75 Å². The standard InChI is InChI=1S/C13H16N4O2/c1-10-3-2-4-11(16-10)9-17-13(18)7-12(8-15-17)19-6-5-14/h2-4,7-8H,5-6,9,14H2,1H3. The van der Waals surface area contributed by atoms with Gasteiger partial charge < -0.3 is 10.5 Å². The number of hydrogen-bond acceptors (Lipinski definition) is 5. The number of ether oxygens (including phenoxy) is 1. The Morgan fingerprint density at radius 1 is 1.42 bits per heavy atom. The number of rotatable bonds is 5. The minimum absolute atomic E-state index is 0.224. The Morgan fingerprint density at radius 2 is 2.26 bits per heavy atom. The van der Waals surface area contributed by atoms with Gasteiger partial charge in [0.05, 0.1) is 18.4 Å². The molecule has 0 aliphatic heterocycles. The molecule has 2 N–H and O–H groups in total. The van der Waals surface area contributed by atoms with Gasteiger partial charge in [-0.15, -0.1) is 0 Å². The summed E-state index contributed by atoms with van der Waals surface area (Å²) in [7, 11) is 0. The highest BCUT2D eigenvalue weighted by atomic mass is 16.5. The Morgan fingerprint density at radius 3 is 2.95 bits per heavy atom. The van der Waals surface area contributed by atoms with E-state index < -0.39 is 0 Å². The van der Waals surface area contributed by atoms with Gasteiger partial charge in [0, 0.05) is 18.3 Å². The van der Waals surface area contributed by atoms with Gasteiger partial charge in [0.25, 0.3) is 5.56 Å². The van der Waals surface area contributed by atoms with E-state index in [9.17, 15) is 4.79 Å². The Kier molecular flexibility index (Phi) is 4.25. The van der Waals surface area contributed by atoms with Crippen LogP contribution in [0.2, 0.25) is 0 Å². The molecule has 0 amide bonds. The number of aryl methyl sites for hydroxylation is 1. The number of nitrogens with two attached hydrogens (primary N) is 1. The van der Waals surface area contributed by atoms with E-state index in [-0.39, 0.29) is 5.56 Å². The smallest absolute Gasteiger partial charge is 0.270 e. The largest absolute Gasteiger partial charge is 0.490 e. The first-order chi connectivity index (χ1) is 9.19. The monoisotopic (exact) mass is 260 g/mol. The quantitative estimate of drug-likeness (QED) is 0.837. The molecule has 0 radical (unpaired) electrons. The number of hydrogen-bond donors (Lipinski definition) is 1. The van der Waals surface area contributed by atoms with Gasteiger partial charge >= 0.3 is 0 Å². The summed E-state index contributed by atoms with van der Waals surface area (Å²) in [5.41, 5.74) is 6.81. The number of nitrogens with zero attached hydrogens (tertiary/aromatic N) is 3. The molecule has 0 spiro atoms. The molecular weight excluding hydrogens is 244 g/mol. The maximum Gasteiger partial charge on any atom is 0.270 e. The van der Waals surface area contributed by atoms with Crippen LogP contribution in [0.4, 0.5) is 0 Å². The zero-order chi connectivity index (χ0) is 13.7. The van der Waals surface area contributed by atoms with Gasteiger partial charge in [-0.1, -0.05) is 6.07 Å². The van der Waals surface area contributed by atoms with Crippen molar-refractivity contribution in [3.05, 3.63) is 52.2 Å². The van der Waals surface area contributed by atoms with Crippen molar-refractivity contribution in [2.24, 2.45) is 5.73 Å². The summed E-state index contributed by atoms with van der Waals surface area (Å²) in [5.74, 6) is 0.434. The molecule has 0 aliphatic rings. The Bertz CT molecular complexity index is 610. The maximum atomic E-state index is 11.9. The Hall–Kier alpha value is -2.21. The first kappa shape index (κ1) is 13.2. The molecule has 0 unspecified atom stereocenters. The summed E-state index contributed by atoms with van der Waals surface area (Å²) in [6.07, 6.45) is 1.51. The van der Waals surface area contributed by atoms with E-state index in [2.05, 4.69) is 10.1 Å². The van der Waals surface area contributed by atoms with Crippen LogP contribution in [-0.2, 0) is 6.54 Å². The van der Waals surface area contributed by atoms with Crippen molar-refractivity contribution < 1.29 is 4.74 Å². The number of pyridine rings is 1. The average Bonchev–Trinajstić information content (AvgIpc) is 2.39. The lowest BCUT2D eigenvalue weighted by molar-refractivity contribution is 0.324. The lowest BCUT2D eigenvalue weighted by atomic mass is 10.3. The highest BCUT2D eigenvalue weighted by molar-refractivity contribution is 5.15. The van der Waals surface area contributed by atoms with Crippen LogP contribution >= 0.6 is 0 Å². The first-order valence-corrected chi connectivity index (χ1v) is 6.01. The van der Waals surface area contributed by atoms with Gasteiger partial charge in [-0.2, -0.15) is 5.10 Å². The summed E-state index contributed by atoms with van der Waals surface area (Å²) in [5, 5.41) is 4.05. The summed E-state index contributed by atoms with van der Waals surface area (Å²) in [6, 6.07) is 7.07. The molecule has 0 saturated heterocycles. The van der Waals surface area contributed by atoms with Crippen LogP contribution in [0, 0.1) is 6.92 Å². The van der Waals surface area contributed by atoms with Gasteiger partial charge in [-0.25, -0.2) is 4.68 Å². The van der Waals surface area contributed by atoms with Gasteiger partial charge in [0.1, 0.15) is 12.4 Å². The Labute approximate surface area is 110 Å². The summed E-state index contributed by atoms with van der Waals surface area (Å²) in [4.78, 5) is 16.2. The molecule has 100 valence electrons. The molecule has 0 saturated carbocycles. The molecule has 0 aliphatic carbocycles. The van der Waals surface area contributed by atoms with Gasteiger partial charge in [-0.3, -0.25) is 9.78 Å². The first-order valence-electron chi connectivity index (χ1n) is 6.01. The highest BCUT2D eigenvalue weighted by Crippen LogP contribution is 2.04. The third kappa shape index (κ3) is 3.62. The summed E-state index contributed by atoms with van der Waals surface area (Å²) < 4.78 is 6.59. The van der Waals surface area contributed by atoms with Crippen LogP contribution in [-0.4, -0.2) is 27.9 Å². The fourth-order valence-corrected chi connectivity index (χ4v) is 1.63. The molecule has 6 nitrogen and oxygen atoms in total. The molecule has 6 heteroatoms. The maximum absolute atomic E-state index is 11.9. The molecule has 2 heterocycles. The second-order valence-electron chi connectivity index (χ2n) is 4.09. The molecule has 2 aromatic rings. The molecule has 0 bridgehead atoms. The minimum Gasteiger partial charge on any atom is -0.490 e. The third-order valence-corrected chi connectivity index (χ3v) is 2.49. The van der Waals surface area contributed by atoms with Gasteiger partial charge in [0.15, 0.2) is 0 Å². The van der Waals surface area contributed by atoms with Crippen LogP contribution in [0.3, 0.4) is 0 Å². The summed E-state index contributed by atoms with van der Waals surface area (Å²) in [6.45, 7) is 3.02. The van der Waals surface area contributed by atoms with E-state index in [1.807, 2.05) is 25.1 Å². The van der Waals surface area contributed by atoms with Crippen LogP contribution in [0.15, 0.2) is 35.3 Å². The third-order valence-electron chi connectivity index (χ3n) is 2.49. The van der Waals surface area contributed by atoms with Crippen molar-refractivity contribution in [2.75, 3.05) is 13.2 Å². The minimum atomic E-state index is -0.224. The molecule has 2 rings (SSSR count). The second kappa shape index (κ2) is 6.10. The highest BCUT2D eigenvalue weighted by Gasteiger charge is 2.03. The molecule has 0 fully saturated rings. The van der Waals surface area contributed by atoms with Gasteiger partial charge in [0.2, 0.25) is 0 Å². The van der Waals surface area contributed by atoms with Crippen molar-refractivity contribution in [1.82, 2.24) is 14.8 Å². The van der Waals surface area contributed by atoms with Crippen molar-refractivity contribution in [1.29, 1.82) is 0 Å². The normalized spacial score (nSPS) is 10.4. The lowest BCUT2D eigenvalue weighted by Crippen LogP contribution is -2.23. The van der Waals surface area contributed by atoms with Crippen LogP contribution < -0.4 is 16.0 Å². The summed E-state index contributed by atoms with van der Waals surface area (Å²) >= 11 is 0. The fourth-order valence-electron chi connectivity index (χ4n) is 1.63. The lowest BCUT2D eigenvalue weighted by Gasteiger charge is -2.07. The van der Waals surface area contributed by atoms with E-state index in [1.165, 1.54) is 16.9 Å². The average molecular weight is 260 g/mol. The molecule has 19 heavy (non-hydrogen) atoms. The van der Waals surface area contributed by atoms with E-state index in [0.29, 0.717) is 25.4 Å². The molecule has 2 aromatic heterocycles. The molecule has 0 atom stereocenters. The van der Waals surface area contributed by atoms with E-state index in [0.717, 1.165) is 11.4 Å². The van der Waals surface area contributed by atoms with E-state index in [4.69, 9.17) is 10.5 Å². The van der Waals surface area contributed by atoms with Crippen LogP contribution in [0.25, 0.3) is 0 Å². The Balaban J connectivity index is 2.15. The van der Waals surface area contributed by atoms with Crippen LogP contribution in [0.5, 0.6) is 5.75 Å². The zero-order valence-corrected chi connectivity index (χ0v) is 10.7. The number of aromatic nitrogens is 3. The molecule has 0 aromatic carbocycles. The SMILES string of the molecule is Cc1cccc(Cn2ncc(OCCN)cc2=O)n1. The predicted octanol–water partition coefficient (Wildman–Crippen LogP) is 0.333. The van der Waals surface area contributed by atoms with Crippen molar-refractivity contribution >= 4 is 0 Å². The van der Waals surface area contributed by atoms with E-state index >= 15 is 0 Å². The van der Waals surface area contributed by atoms with Crippen LogP contribution in [0.1, 0.15) is 11.4 Å².